The van der Waals surface area contributed by atoms with Gasteiger partial charge >= 0.3 is 0 Å². The summed E-state index contributed by atoms with van der Waals surface area (Å²) in [5.74, 6) is -2.55. The second kappa shape index (κ2) is 17.3. The van der Waals surface area contributed by atoms with E-state index in [2.05, 4.69) is 10.6 Å². The third-order valence-corrected chi connectivity index (χ3v) is 8.11. The maximum Gasteiger partial charge on any atom is 0.224 e. The van der Waals surface area contributed by atoms with E-state index in [4.69, 9.17) is 0 Å². The first kappa shape index (κ1) is 35.9. The molecule has 2 N–H and O–H groups in total. The molecule has 2 atom stereocenters. The van der Waals surface area contributed by atoms with Crippen molar-refractivity contribution in [2.45, 2.75) is 77.3 Å². The molecule has 6 nitrogen and oxygen atoms in total. The first-order valence-electron chi connectivity index (χ1n) is 16.5. The number of halogens is 1. The van der Waals surface area contributed by atoms with Crippen LogP contribution in [0.3, 0.4) is 0 Å². The number of carbonyl (C=O) groups excluding carboxylic acids is 4. The highest BCUT2D eigenvalue weighted by Crippen LogP contribution is 2.21. The minimum Gasteiger partial charge on any atom is -0.351 e. The zero-order chi connectivity index (χ0) is 34.5. The topological polar surface area (TPSA) is 92.3 Å². The third-order valence-electron chi connectivity index (χ3n) is 8.11. The average Bonchev–Trinajstić information content (AvgIpc) is 3.07. The van der Waals surface area contributed by atoms with Crippen molar-refractivity contribution in [2.75, 3.05) is 0 Å². The average molecular weight is 649 g/mol. The minimum absolute atomic E-state index is 0.124. The van der Waals surface area contributed by atoms with Gasteiger partial charge in [0.05, 0.1) is 12.0 Å². The standard InChI is InChI=1S/C41H45FN2O4/c1-41(2,3)44-39(47)28-34(27-36(45)24-18-29-10-6-4-7-11-29)40(48)43-37(26-31-16-22-35(42)23-17-31)38(46)25-19-30-14-20-33(21-15-30)32-12-8-5-9-13-32/h4-17,20-23,34,37H,18-19,24-28H2,1-3H3,(H,43,48)(H,44,47)/t34-,37-/m0/s1. The molecule has 4 rings (SSSR count). The normalized spacial score (nSPS) is 12.5. The summed E-state index contributed by atoms with van der Waals surface area (Å²) >= 11 is 0. The number of hydrogen-bond acceptors (Lipinski definition) is 4. The summed E-state index contributed by atoms with van der Waals surface area (Å²) in [7, 11) is 0. The van der Waals surface area contributed by atoms with Gasteiger partial charge in [-0.2, -0.15) is 0 Å². The number of benzene rings is 4. The van der Waals surface area contributed by atoms with Crippen LogP contribution in [0.2, 0.25) is 0 Å². The Morgan fingerprint density at radius 2 is 1.19 bits per heavy atom. The van der Waals surface area contributed by atoms with Crippen LogP contribution in [0.4, 0.5) is 4.39 Å². The molecule has 0 saturated heterocycles. The van der Waals surface area contributed by atoms with Gasteiger partial charge in [-0.05, 0) is 80.0 Å². The Hall–Kier alpha value is -4.91. The fraction of sp³-hybridized carbons (Fsp3) is 0.317. The molecular formula is C41H45FN2O4. The number of amides is 2. The molecular weight excluding hydrogens is 603 g/mol. The summed E-state index contributed by atoms with van der Waals surface area (Å²) in [6.45, 7) is 5.53. The SMILES string of the molecule is CC(C)(C)NC(=O)C[C@H](CC(=O)CCc1ccccc1)C(=O)N[C@@H](Cc1ccc(F)cc1)C(=O)CCc1ccc(-c2ccccc2)cc1. The predicted octanol–water partition coefficient (Wildman–Crippen LogP) is 7.23. The fourth-order valence-electron chi connectivity index (χ4n) is 5.58. The molecule has 0 spiro atoms. The van der Waals surface area contributed by atoms with E-state index in [0.717, 1.165) is 22.3 Å². The second-order valence-electron chi connectivity index (χ2n) is 13.3. The first-order valence-corrected chi connectivity index (χ1v) is 16.5. The van der Waals surface area contributed by atoms with Crippen LogP contribution in [0.15, 0.2) is 109 Å². The minimum atomic E-state index is -0.954. The number of nitrogens with one attached hydrogen (secondary N) is 2. The molecule has 0 aliphatic carbocycles. The van der Waals surface area contributed by atoms with Crippen molar-refractivity contribution >= 4 is 23.4 Å². The molecule has 0 heterocycles. The first-order chi connectivity index (χ1) is 22.9. The molecule has 48 heavy (non-hydrogen) atoms. The smallest absolute Gasteiger partial charge is 0.224 e. The molecule has 2 amide bonds. The van der Waals surface area contributed by atoms with Crippen LogP contribution in [0, 0.1) is 11.7 Å². The number of ketones is 2. The number of hydrogen-bond donors (Lipinski definition) is 2. The Labute approximate surface area is 283 Å². The van der Waals surface area contributed by atoms with Crippen LogP contribution in [0.1, 0.15) is 63.1 Å². The van der Waals surface area contributed by atoms with Gasteiger partial charge in [-0.3, -0.25) is 19.2 Å². The van der Waals surface area contributed by atoms with Gasteiger partial charge in [0.15, 0.2) is 5.78 Å². The van der Waals surface area contributed by atoms with Crippen molar-refractivity contribution < 1.29 is 23.6 Å². The lowest BCUT2D eigenvalue weighted by Gasteiger charge is -2.24. The Bertz CT molecular complexity index is 1650. The Kier molecular flexibility index (Phi) is 13.0. The van der Waals surface area contributed by atoms with Crippen molar-refractivity contribution in [2.24, 2.45) is 5.92 Å². The molecule has 0 unspecified atom stereocenters. The molecule has 0 fully saturated rings. The Morgan fingerprint density at radius 1 is 0.646 bits per heavy atom. The lowest BCUT2D eigenvalue weighted by molar-refractivity contribution is -0.135. The predicted molar refractivity (Wildman–Crippen MR) is 188 cm³/mol. The van der Waals surface area contributed by atoms with Crippen molar-refractivity contribution in [1.82, 2.24) is 10.6 Å². The molecule has 0 aliphatic rings. The highest BCUT2D eigenvalue weighted by atomic mass is 19.1. The number of Topliss-reactive ketones (excluding diaryl/α,β-unsaturated/α-hetero) is 2. The van der Waals surface area contributed by atoms with E-state index in [0.29, 0.717) is 18.4 Å². The molecule has 4 aromatic rings. The number of aryl methyl sites for hydroxylation is 2. The maximum atomic E-state index is 13.8. The third kappa shape index (κ3) is 12.0. The van der Waals surface area contributed by atoms with Gasteiger partial charge in [-0.25, -0.2) is 4.39 Å². The van der Waals surface area contributed by atoms with Gasteiger partial charge in [0.1, 0.15) is 11.6 Å². The lowest BCUT2D eigenvalue weighted by Crippen LogP contribution is -2.47. The van der Waals surface area contributed by atoms with Gasteiger partial charge in [-0.15, -0.1) is 0 Å². The van der Waals surface area contributed by atoms with E-state index < -0.39 is 29.2 Å². The summed E-state index contributed by atoms with van der Waals surface area (Å²) in [5.41, 5.74) is 4.34. The van der Waals surface area contributed by atoms with E-state index in [-0.39, 0.29) is 49.6 Å². The number of carbonyl (C=O) groups is 4. The van der Waals surface area contributed by atoms with Gasteiger partial charge in [0.25, 0.3) is 0 Å². The van der Waals surface area contributed by atoms with E-state index in [1.807, 2.05) is 106 Å². The van der Waals surface area contributed by atoms with Gasteiger partial charge in [-0.1, -0.05) is 97.1 Å². The summed E-state index contributed by atoms with van der Waals surface area (Å²) in [5, 5.41) is 5.76. The van der Waals surface area contributed by atoms with Gasteiger partial charge < -0.3 is 10.6 Å². The second-order valence-corrected chi connectivity index (χ2v) is 13.3. The lowest BCUT2D eigenvalue weighted by atomic mass is 9.92. The molecule has 7 heteroatoms. The van der Waals surface area contributed by atoms with E-state index in [1.54, 1.807) is 12.1 Å². The van der Waals surface area contributed by atoms with Crippen LogP contribution in [-0.4, -0.2) is 35.0 Å². The van der Waals surface area contributed by atoms with Crippen LogP contribution in [-0.2, 0) is 38.4 Å². The monoisotopic (exact) mass is 648 g/mol. The zero-order valence-corrected chi connectivity index (χ0v) is 28.0. The highest BCUT2D eigenvalue weighted by Gasteiger charge is 2.30. The Morgan fingerprint density at radius 3 is 1.81 bits per heavy atom. The molecule has 0 aliphatic heterocycles. The molecule has 0 bridgehead atoms. The van der Waals surface area contributed by atoms with Gasteiger partial charge in [0, 0.05) is 31.2 Å². The molecule has 0 radical (unpaired) electrons. The summed E-state index contributed by atoms with van der Waals surface area (Å²) in [6.07, 6.45) is 1.24. The van der Waals surface area contributed by atoms with Crippen molar-refractivity contribution in [1.29, 1.82) is 0 Å². The van der Waals surface area contributed by atoms with Gasteiger partial charge in [0.2, 0.25) is 11.8 Å². The summed E-state index contributed by atoms with van der Waals surface area (Å²) in [6, 6.07) is 32.6. The highest BCUT2D eigenvalue weighted by molar-refractivity contribution is 5.94. The van der Waals surface area contributed by atoms with Crippen molar-refractivity contribution in [3.8, 4) is 11.1 Å². The van der Waals surface area contributed by atoms with E-state index in [1.165, 1.54) is 12.1 Å². The van der Waals surface area contributed by atoms with Crippen molar-refractivity contribution in [3.63, 3.8) is 0 Å². The van der Waals surface area contributed by atoms with E-state index >= 15 is 0 Å². The Balaban J connectivity index is 1.47. The quantitative estimate of drug-likeness (QED) is 0.134. The van der Waals surface area contributed by atoms with E-state index in [9.17, 15) is 23.6 Å². The maximum absolute atomic E-state index is 13.8. The zero-order valence-electron chi connectivity index (χ0n) is 28.0. The summed E-state index contributed by atoms with van der Waals surface area (Å²) in [4.78, 5) is 53.5. The van der Waals surface area contributed by atoms with Crippen LogP contribution in [0.25, 0.3) is 11.1 Å². The molecule has 0 saturated carbocycles. The largest absolute Gasteiger partial charge is 0.351 e. The van der Waals surface area contributed by atoms with Crippen LogP contribution >= 0.6 is 0 Å². The summed E-state index contributed by atoms with van der Waals surface area (Å²) < 4.78 is 13.7. The molecule has 4 aromatic carbocycles. The number of rotatable bonds is 16. The molecule has 250 valence electrons. The fourth-order valence-corrected chi connectivity index (χ4v) is 5.58. The van der Waals surface area contributed by atoms with Crippen molar-refractivity contribution in [3.05, 3.63) is 132 Å². The van der Waals surface area contributed by atoms with Crippen LogP contribution in [0.5, 0.6) is 0 Å². The molecule has 0 aromatic heterocycles. The van der Waals surface area contributed by atoms with Crippen LogP contribution < -0.4 is 10.6 Å².